The molecule has 1 saturated heterocycles. The number of carboxylic acid groups (broad SMARTS) is 1. The van der Waals surface area contributed by atoms with E-state index >= 15 is 0 Å². The van der Waals surface area contributed by atoms with E-state index in [1.165, 1.54) is 11.2 Å². The molecule has 4 rings (SSSR count). The second-order valence-corrected chi connectivity index (χ2v) is 8.88. The van der Waals surface area contributed by atoms with Crippen molar-refractivity contribution in [3.05, 3.63) is 18.2 Å². The SMILES string of the molecule is Cc1nn(C)cc1-c1nc2c(OC3CCN(C(=O)O)C3C(C)(C)C)ncnc2n1C. The van der Waals surface area contributed by atoms with Crippen LogP contribution in [0.4, 0.5) is 4.79 Å². The van der Waals surface area contributed by atoms with Crippen LogP contribution in [0.15, 0.2) is 12.5 Å². The Bertz CT molecular complexity index is 1110. The smallest absolute Gasteiger partial charge is 0.407 e. The van der Waals surface area contributed by atoms with E-state index in [0.717, 1.165) is 17.1 Å². The van der Waals surface area contributed by atoms with Crippen LogP contribution >= 0.6 is 0 Å². The fourth-order valence-electron chi connectivity index (χ4n) is 4.40. The summed E-state index contributed by atoms with van der Waals surface area (Å²) >= 11 is 0. The number of carbonyl (C=O) groups is 1. The van der Waals surface area contributed by atoms with Crippen molar-refractivity contribution >= 4 is 17.3 Å². The van der Waals surface area contributed by atoms with Crippen LogP contribution in [-0.2, 0) is 14.1 Å². The highest BCUT2D eigenvalue weighted by molar-refractivity contribution is 5.81. The number of amides is 1. The second kappa shape index (κ2) is 6.96. The summed E-state index contributed by atoms with van der Waals surface area (Å²) in [5.41, 5.74) is 2.70. The van der Waals surface area contributed by atoms with Crippen LogP contribution in [0.1, 0.15) is 32.9 Å². The third-order valence-electron chi connectivity index (χ3n) is 5.62. The zero-order valence-electron chi connectivity index (χ0n) is 18.1. The van der Waals surface area contributed by atoms with Gasteiger partial charge in [-0.1, -0.05) is 20.8 Å². The molecule has 0 bridgehead atoms. The van der Waals surface area contributed by atoms with Gasteiger partial charge in [0.25, 0.3) is 0 Å². The Kier molecular flexibility index (Phi) is 4.67. The van der Waals surface area contributed by atoms with Gasteiger partial charge in [0.05, 0.1) is 17.3 Å². The third kappa shape index (κ3) is 3.25. The van der Waals surface area contributed by atoms with E-state index in [0.29, 0.717) is 30.0 Å². The van der Waals surface area contributed by atoms with Gasteiger partial charge in [0.2, 0.25) is 5.88 Å². The number of likely N-dealkylation sites (tertiary alicyclic amines) is 1. The van der Waals surface area contributed by atoms with Crippen LogP contribution in [0.3, 0.4) is 0 Å². The molecule has 0 spiro atoms. The lowest BCUT2D eigenvalue weighted by Gasteiger charge is -2.36. The van der Waals surface area contributed by atoms with E-state index in [-0.39, 0.29) is 17.6 Å². The monoisotopic (exact) mass is 413 g/mol. The first-order chi connectivity index (χ1) is 14.1. The van der Waals surface area contributed by atoms with Crippen molar-refractivity contribution in [2.45, 2.75) is 46.3 Å². The molecule has 0 aromatic carbocycles. The highest BCUT2D eigenvalue weighted by atomic mass is 16.5. The minimum Gasteiger partial charge on any atom is -0.470 e. The molecule has 1 aliphatic rings. The fourth-order valence-corrected chi connectivity index (χ4v) is 4.40. The molecule has 0 radical (unpaired) electrons. The van der Waals surface area contributed by atoms with E-state index in [4.69, 9.17) is 9.72 Å². The van der Waals surface area contributed by atoms with Crippen molar-refractivity contribution in [1.29, 1.82) is 0 Å². The topological polar surface area (TPSA) is 111 Å². The van der Waals surface area contributed by atoms with Crippen molar-refractivity contribution < 1.29 is 14.6 Å². The first-order valence-electron chi connectivity index (χ1n) is 9.92. The zero-order valence-corrected chi connectivity index (χ0v) is 18.1. The van der Waals surface area contributed by atoms with Gasteiger partial charge in [-0.2, -0.15) is 10.1 Å². The molecule has 30 heavy (non-hydrogen) atoms. The highest BCUT2D eigenvalue weighted by Crippen LogP contribution is 2.36. The summed E-state index contributed by atoms with van der Waals surface area (Å²) in [6.45, 7) is 8.43. The summed E-state index contributed by atoms with van der Waals surface area (Å²) in [4.78, 5) is 26.7. The Labute approximate surface area is 174 Å². The molecule has 1 aliphatic heterocycles. The maximum Gasteiger partial charge on any atom is 0.407 e. The summed E-state index contributed by atoms with van der Waals surface area (Å²) in [5.74, 6) is 1.10. The van der Waals surface area contributed by atoms with E-state index in [1.54, 1.807) is 4.68 Å². The quantitative estimate of drug-likeness (QED) is 0.702. The molecule has 160 valence electrons. The summed E-state index contributed by atoms with van der Waals surface area (Å²) in [6, 6.07) is -0.288. The Balaban J connectivity index is 1.74. The number of fused-ring (bicyclic) bond motifs is 1. The van der Waals surface area contributed by atoms with Gasteiger partial charge >= 0.3 is 6.09 Å². The second-order valence-electron chi connectivity index (χ2n) is 8.88. The predicted octanol–water partition coefficient (Wildman–Crippen LogP) is 2.62. The Morgan fingerprint density at radius 2 is 2.00 bits per heavy atom. The van der Waals surface area contributed by atoms with Gasteiger partial charge in [-0.3, -0.25) is 4.68 Å². The standard InChI is InChI=1S/C20H27N7O3/c1-11-12(9-25(5)24-11)16-23-14-17(26(16)6)21-10-22-18(14)30-13-7-8-27(19(28)29)15(13)20(2,3)4/h9-10,13,15H,7-8H2,1-6H3,(H,28,29). The normalized spacial score (nSPS) is 19.6. The minimum atomic E-state index is -0.930. The molecule has 0 aliphatic carbocycles. The van der Waals surface area contributed by atoms with Crippen LogP contribution < -0.4 is 4.74 Å². The summed E-state index contributed by atoms with van der Waals surface area (Å²) in [6.07, 6.45) is 2.73. The average molecular weight is 413 g/mol. The van der Waals surface area contributed by atoms with Crippen LogP contribution in [0.5, 0.6) is 5.88 Å². The van der Waals surface area contributed by atoms with Crippen molar-refractivity contribution in [2.75, 3.05) is 6.54 Å². The number of rotatable bonds is 3. The molecule has 10 nitrogen and oxygen atoms in total. The number of aryl methyl sites for hydroxylation is 3. The summed E-state index contributed by atoms with van der Waals surface area (Å²) in [5, 5.41) is 14.0. The van der Waals surface area contributed by atoms with Crippen molar-refractivity contribution in [1.82, 2.24) is 34.2 Å². The molecule has 3 aromatic rings. The molecule has 1 N–H and O–H groups in total. The maximum absolute atomic E-state index is 11.7. The van der Waals surface area contributed by atoms with Crippen LogP contribution in [0.25, 0.3) is 22.6 Å². The number of imidazole rings is 1. The molecule has 4 heterocycles. The number of hydrogen-bond donors (Lipinski definition) is 1. The third-order valence-corrected chi connectivity index (χ3v) is 5.62. The van der Waals surface area contributed by atoms with Gasteiger partial charge in [-0.05, 0) is 12.3 Å². The molecule has 1 amide bonds. The molecule has 2 unspecified atom stereocenters. The van der Waals surface area contributed by atoms with Crippen molar-refractivity contribution in [3.8, 4) is 17.3 Å². The van der Waals surface area contributed by atoms with Crippen molar-refractivity contribution in [3.63, 3.8) is 0 Å². The Morgan fingerprint density at radius 3 is 2.60 bits per heavy atom. The molecular weight excluding hydrogens is 386 g/mol. The van der Waals surface area contributed by atoms with Crippen LogP contribution in [0.2, 0.25) is 0 Å². The average Bonchev–Trinajstić information content (AvgIpc) is 3.31. The summed E-state index contributed by atoms with van der Waals surface area (Å²) in [7, 11) is 3.77. The van der Waals surface area contributed by atoms with Gasteiger partial charge in [-0.15, -0.1) is 0 Å². The van der Waals surface area contributed by atoms with E-state index in [9.17, 15) is 9.90 Å². The van der Waals surface area contributed by atoms with E-state index in [2.05, 4.69) is 15.1 Å². The predicted molar refractivity (Wildman–Crippen MR) is 110 cm³/mol. The molecular formula is C20H27N7O3. The number of hydrogen-bond acceptors (Lipinski definition) is 6. The van der Waals surface area contributed by atoms with Gasteiger partial charge in [0.1, 0.15) is 18.3 Å². The lowest BCUT2D eigenvalue weighted by molar-refractivity contribution is 0.0558. The molecule has 0 saturated carbocycles. The Morgan fingerprint density at radius 1 is 1.27 bits per heavy atom. The maximum atomic E-state index is 11.7. The molecule has 10 heteroatoms. The zero-order chi connectivity index (χ0) is 21.8. The number of ether oxygens (including phenoxy) is 1. The van der Waals surface area contributed by atoms with Gasteiger partial charge in [-0.25, -0.2) is 14.8 Å². The first-order valence-corrected chi connectivity index (χ1v) is 9.92. The lowest BCUT2D eigenvalue weighted by Crippen LogP contribution is -2.48. The largest absolute Gasteiger partial charge is 0.470 e. The molecule has 3 aromatic heterocycles. The summed E-state index contributed by atoms with van der Waals surface area (Å²) < 4.78 is 9.94. The van der Waals surface area contributed by atoms with Gasteiger partial charge in [0, 0.05) is 33.3 Å². The van der Waals surface area contributed by atoms with Crippen molar-refractivity contribution in [2.24, 2.45) is 19.5 Å². The Hall–Kier alpha value is -3.17. The fraction of sp³-hybridized carbons (Fsp3) is 0.550. The van der Waals surface area contributed by atoms with E-state index < -0.39 is 6.09 Å². The minimum absolute atomic E-state index is 0.284. The van der Waals surface area contributed by atoms with E-state index in [1.807, 2.05) is 52.6 Å². The van der Waals surface area contributed by atoms with Crippen LogP contribution in [-0.4, -0.2) is 64.1 Å². The van der Waals surface area contributed by atoms with Crippen LogP contribution in [0, 0.1) is 12.3 Å². The van der Waals surface area contributed by atoms with Gasteiger partial charge < -0.3 is 19.3 Å². The van der Waals surface area contributed by atoms with Gasteiger partial charge in [0.15, 0.2) is 11.2 Å². The highest BCUT2D eigenvalue weighted by Gasteiger charge is 2.45. The molecule has 1 fully saturated rings. The first kappa shape index (κ1) is 20.1. The lowest BCUT2D eigenvalue weighted by atomic mass is 9.84. The number of aromatic nitrogens is 6. The number of nitrogens with zero attached hydrogens (tertiary/aromatic N) is 7. The molecule has 2 atom stereocenters.